The first kappa shape index (κ1) is 24.3. The molecule has 0 amide bonds. The van der Waals surface area contributed by atoms with Crippen LogP contribution < -0.4 is 0 Å². The van der Waals surface area contributed by atoms with Gasteiger partial charge in [-0.15, -0.1) is 0 Å². The van der Waals surface area contributed by atoms with E-state index in [-0.39, 0.29) is 134 Å². The van der Waals surface area contributed by atoms with Gasteiger partial charge in [-0.05, 0) is 0 Å². The van der Waals surface area contributed by atoms with Gasteiger partial charge in [0, 0.05) is 134 Å². The van der Waals surface area contributed by atoms with Gasteiger partial charge in [0.05, 0.1) is 0 Å². The molecular weight excluding hydrogens is 113 g/mol. The van der Waals surface area contributed by atoms with Crippen molar-refractivity contribution in [2.24, 2.45) is 0 Å². The Bertz CT molecular complexity index is 6.00. The van der Waals surface area contributed by atoms with Crippen LogP contribution in [0.4, 0.5) is 0 Å². The summed E-state index contributed by atoms with van der Waals surface area (Å²) in [5.74, 6) is 0. The molecule has 0 saturated carbocycles. The van der Waals surface area contributed by atoms with Crippen LogP contribution in [0.1, 0.15) is 0 Å². The zero-order valence-electron chi connectivity index (χ0n) is 3.28. The Labute approximate surface area is 130 Å². The molecule has 0 unspecified atom stereocenters. The van der Waals surface area contributed by atoms with E-state index in [9.17, 15) is 0 Å². The summed E-state index contributed by atoms with van der Waals surface area (Å²) in [4.78, 5) is 0. The predicted molar refractivity (Wildman–Crippen MR) is 23.0 cm³/mol. The molecule has 0 aliphatic heterocycles. The van der Waals surface area contributed by atoms with Crippen LogP contribution in [-0.2, 0) is 0 Å². The van der Waals surface area contributed by atoms with Gasteiger partial charge in [-0.2, -0.15) is 0 Å². The molecule has 7 valence electrons. The SMILES string of the molecule is [B].[K].[K].[Mg]. The van der Waals surface area contributed by atoms with Crippen molar-refractivity contribution in [2.45, 2.75) is 0 Å². The maximum absolute atomic E-state index is 0. The molecule has 4 heavy (non-hydrogen) atoms. The minimum absolute atomic E-state index is 0. The molecular formula is BK2Mg. The van der Waals surface area contributed by atoms with Crippen LogP contribution in [0.3, 0.4) is 0 Å². The van der Waals surface area contributed by atoms with Crippen molar-refractivity contribution < 1.29 is 0 Å². The van der Waals surface area contributed by atoms with Crippen LogP contribution in [0, 0.1) is 0 Å². The van der Waals surface area contributed by atoms with Crippen molar-refractivity contribution in [1.82, 2.24) is 0 Å². The van der Waals surface area contributed by atoms with Crippen LogP contribution in [-0.4, -0.2) is 134 Å². The smallest absolute Gasteiger partial charge is 0 e. The Morgan fingerprint density at radius 3 is 0.750 bits per heavy atom. The first-order valence-corrected chi connectivity index (χ1v) is 0. The van der Waals surface area contributed by atoms with E-state index in [4.69, 9.17) is 0 Å². The molecule has 0 aromatic carbocycles. The van der Waals surface area contributed by atoms with Crippen LogP contribution in [0.5, 0.6) is 0 Å². The van der Waals surface area contributed by atoms with Crippen LogP contribution in [0.2, 0.25) is 0 Å². The molecule has 0 spiro atoms. The normalized spacial score (nSPS) is 0. The molecule has 0 rings (SSSR count). The molecule has 0 aliphatic rings. The van der Waals surface area contributed by atoms with Gasteiger partial charge in [0.1, 0.15) is 0 Å². The Balaban J connectivity index is 0. The van der Waals surface area contributed by atoms with Gasteiger partial charge in [0.2, 0.25) is 0 Å². The second kappa shape index (κ2) is 15.7. The molecule has 0 heterocycles. The number of hydrogen-bond donors (Lipinski definition) is 0. The fraction of sp³-hybridized carbons (Fsp3) is 0. The number of rotatable bonds is 0. The van der Waals surface area contributed by atoms with Gasteiger partial charge in [-0.3, -0.25) is 0 Å². The fourth-order valence-corrected chi connectivity index (χ4v) is 0. The average molecular weight is 113 g/mol. The Kier molecular flexibility index (Phi) is 95.4. The molecule has 7 radical (unpaired) electrons. The minimum atomic E-state index is 0. The van der Waals surface area contributed by atoms with Crippen molar-refractivity contribution in [1.29, 1.82) is 0 Å². The van der Waals surface area contributed by atoms with Crippen molar-refractivity contribution in [3.8, 4) is 0 Å². The molecule has 0 atom stereocenters. The molecule has 0 bridgehead atoms. The third-order valence-electron chi connectivity index (χ3n) is 0. The van der Waals surface area contributed by atoms with Crippen molar-refractivity contribution in [2.75, 3.05) is 0 Å². The largest absolute Gasteiger partial charge is 0 e. The van der Waals surface area contributed by atoms with E-state index in [2.05, 4.69) is 0 Å². The molecule has 0 nitrogen and oxygen atoms in total. The average Bonchev–Trinajstić information content (AvgIpc) is 0. The summed E-state index contributed by atoms with van der Waals surface area (Å²) in [6.07, 6.45) is 0. The van der Waals surface area contributed by atoms with Gasteiger partial charge >= 0.3 is 0 Å². The van der Waals surface area contributed by atoms with Crippen molar-refractivity contribution >= 4 is 134 Å². The molecule has 0 N–H and O–H groups in total. The van der Waals surface area contributed by atoms with Crippen LogP contribution in [0.15, 0.2) is 0 Å². The van der Waals surface area contributed by atoms with E-state index in [0.29, 0.717) is 0 Å². The monoisotopic (exact) mass is 113 g/mol. The first-order valence-electron chi connectivity index (χ1n) is 0. The summed E-state index contributed by atoms with van der Waals surface area (Å²) in [6, 6.07) is 0. The minimum Gasteiger partial charge on any atom is 0 e. The van der Waals surface area contributed by atoms with Crippen molar-refractivity contribution in [3.05, 3.63) is 0 Å². The third-order valence-corrected chi connectivity index (χ3v) is 0. The maximum atomic E-state index is 0. The zero-order chi connectivity index (χ0) is 0. The van der Waals surface area contributed by atoms with E-state index in [0.717, 1.165) is 0 Å². The summed E-state index contributed by atoms with van der Waals surface area (Å²) in [5, 5.41) is 0. The second-order valence-corrected chi connectivity index (χ2v) is 0. The topological polar surface area (TPSA) is 0 Å². The molecule has 4 heteroatoms. The molecule has 0 aliphatic carbocycles. The Hall–Kier alpha value is 4.10. The Morgan fingerprint density at radius 1 is 0.750 bits per heavy atom. The summed E-state index contributed by atoms with van der Waals surface area (Å²) in [7, 11) is 0. The molecule has 0 aromatic heterocycles. The van der Waals surface area contributed by atoms with Crippen LogP contribution >= 0.6 is 0 Å². The van der Waals surface area contributed by atoms with E-state index in [1.165, 1.54) is 0 Å². The van der Waals surface area contributed by atoms with Crippen LogP contribution in [0.25, 0.3) is 0 Å². The maximum Gasteiger partial charge on any atom is 0 e. The second-order valence-electron chi connectivity index (χ2n) is 0. The predicted octanol–water partition coefficient (Wildman–Crippen LogP) is -1.52. The van der Waals surface area contributed by atoms with Gasteiger partial charge in [0.25, 0.3) is 0 Å². The Morgan fingerprint density at radius 2 is 0.750 bits per heavy atom. The molecule has 0 fully saturated rings. The van der Waals surface area contributed by atoms with Gasteiger partial charge < -0.3 is 0 Å². The fourth-order valence-electron chi connectivity index (χ4n) is 0. The van der Waals surface area contributed by atoms with E-state index in [1.54, 1.807) is 0 Å². The van der Waals surface area contributed by atoms with E-state index >= 15 is 0 Å². The summed E-state index contributed by atoms with van der Waals surface area (Å²) >= 11 is 0. The summed E-state index contributed by atoms with van der Waals surface area (Å²) in [6.45, 7) is 0. The first-order chi connectivity index (χ1) is 0. The molecule has 0 saturated heterocycles. The van der Waals surface area contributed by atoms with Crippen molar-refractivity contribution in [3.63, 3.8) is 0 Å². The van der Waals surface area contributed by atoms with E-state index in [1.807, 2.05) is 0 Å². The summed E-state index contributed by atoms with van der Waals surface area (Å²) < 4.78 is 0. The van der Waals surface area contributed by atoms with Gasteiger partial charge in [0.15, 0.2) is 0 Å². The van der Waals surface area contributed by atoms with E-state index < -0.39 is 0 Å². The van der Waals surface area contributed by atoms with Gasteiger partial charge in [-0.25, -0.2) is 0 Å². The third kappa shape index (κ3) is 9.44. The number of hydrogen-bond acceptors (Lipinski definition) is 0. The molecule has 0 aromatic rings. The standard InChI is InChI=1S/B.2K.Mg. The van der Waals surface area contributed by atoms with Gasteiger partial charge in [-0.1, -0.05) is 0 Å². The zero-order valence-corrected chi connectivity index (χ0v) is 10.9. The summed E-state index contributed by atoms with van der Waals surface area (Å²) in [5.41, 5.74) is 0. The quantitative estimate of drug-likeness (QED) is 0.335.